The third-order valence-electron chi connectivity index (χ3n) is 1.36. The van der Waals surface area contributed by atoms with Crippen LogP contribution in [0.2, 0.25) is 0 Å². The predicted octanol–water partition coefficient (Wildman–Crippen LogP) is -0.0669. The molecular formula is C7H12N4O2. The van der Waals surface area contributed by atoms with Crippen molar-refractivity contribution in [3.05, 3.63) is 5.82 Å². The predicted molar refractivity (Wildman–Crippen MR) is 43.8 cm³/mol. The van der Waals surface area contributed by atoms with E-state index in [2.05, 4.69) is 15.5 Å². The number of aryl methyl sites for hydroxylation is 1. The third kappa shape index (κ3) is 2.81. The fraction of sp³-hybridized carbons (Fsp3) is 0.714. The molecule has 1 heterocycles. The first-order chi connectivity index (χ1) is 6.09. The summed E-state index contributed by atoms with van der Waals surface area (Å²) in [5.41, 5.74) is 0. The van der Waals surface area contributed by atoms with Gasteiger partial charge in [-0.2, -0.15) is 0 Å². The lowest BCUT2D eigenvalue weighted by molar-refractivity contribution is -0.148. The van der Waals surface area contributed by atoms with Gasteiger partial charge in [0.15, 0.2) is 0 Å². The zero-order chi connectivity index (χ0) is 9.84. The van der Waals surface area contributed by atoms with Crippen LogP contribution in [0.15, 0.2) is 0 Å². The van der Waals surface area contributed by atoms with Crippen molar-refractivity contribution in [1.82, 2.24) is 20.2 Å². The molecule has 6 nitrogen and oxygen atoms in total. The molecule has 0 aliphatic heterocycles. The van der Waals surface area contributed by atoms with Crippen molar-refractivity contribution in [1.29, 1.82) is 0 Å². The topological polar surface area (TPSA) is 69.9 Å². The Morgan fingerprint density at radius 3 is 2.77 bits per heavy atom. The number of nitrogens with zero attached hydrogens (tertiary/aromatic N) is 4. The smallest absolute Gasteiger partial charge is 0.328 e. The normalized spacial score (nSPS) is 10.5. The summed E-state index contributed by atoms with van der Waals surface area (Å²) < 4.78 is 6.32. The second-order valence-corrected chi connectivity index (χ2v) is 2.92. The number of tetrazole rings is 1. The molecule has 1 rings (SSSR count). The molecule has 1 aromatic heterocycles. The molecule has 0 aliphatic rings. The van der Waals surface area contributed by atoms with E-state index in [-0.39, 0.29) is 18.6 Å². The van der Waals surface area contributed by atoms with Crippen LogP contribution >= 0.6 is 0 Å². The minimum atomic E-state index is -0.328. The molecule has 0 aromatic carbocycles. The Bertz CT molecular complexity index is 294. The van der Waals surface area contributed by atoms with Crippen molar-refractivity contribution in [3.8, 4) is 0 Å². The van der Waals surface area contributed by atoms with Gasteiger partial charge in [-0.3, -0.25) is 4.79 Å². The van der Waals surface area contributed by atoms with E-state index in [1.165, 1.54) is 4.68 Å². The fourth-order valence-electron chi connectivity index (χ4n) is 0.818. The van der Waals surface area contributed by atoms with Gasteiger partial charge in [-0.1, -0.05) is 0 Å². The molecule has 72 valence electrons. The van der Waals surface area contributed by atoms with Crippen molar-refractivity contribution in [2.45, 2.75) is 33.4 Å². The Hall–Kier alpha value is -1.46. The maximum Gasteiger partial charge on any atom is 0.328 e. The van der Waals surface area contributed by atoms with Gasteiger partial charge in [0.1, 0.15) is 12.4 Å². The quantitative estimate of drug-likeness (QED) is 0.615. The second kappa shape index (κ2) is 3.97. The van der Waals surface area contributed by atoms with Gasteiger partial charge in [0.25, 0.3) is 0 Å². The number of ether oxygens (including phenoxy) is 1. The van der Waals surface area contributed by atoms with E-state index < -0.39 is 0 Å². The maximum atomic E-state index is 11.1. The van der Waals surface area contributed by atoms with Crippen LogP contribution in [0.1, 0.15) is 19.7 Å². The Morgan fingerprint density at radius 1 is 1.62 bits per heavy atom. The first-order valence-electron chi connectivity index (χ1n) is 4.02. The Balaban J connectivity index is 2.50. The summed E-state index contributed by atoms with van der Waals surface area (Å²) >= 11 is 0. The van der Waals surface area contributed by atoms with Crippen LogP contribution in [-0.2, 0) is 16.1 Å². The highest BCUT2D eigenvalue weighted by Gasteiger charge is 2.09. The van der Waals surface area contributed by atoms with Crippen molar-refractivity contribution in [2.75, 3.05) is 0 Å². The van der Waals surface area contributed by atoms with E-state index in [1.807, 2.05) is 0 Å². The summed E-state index contributed by atoms with van der Waals surface area (Å²) in [4.78, 5) is 11.1. The summed E-state index contributed by atoms with van der Waals surface area (Å²) in [6, 6.07) is 0. The lowest BCUT2D eigenvalue weighted by atomic mass is 10.5. The van der Waals surface area contributed by atoms with Gasteiger partial charge >= 0.3 is 5.97 Å². The molecule has 1 aromatic rings. The van der Waals surface area contributed by atoms with E-state index in [1.54, 1.807) is 20.8 Å². The van der Waals surface area contributed by atoms with Crippen LogP contribution < -0.4 is 0 Å². The molecule has 0 radical (unpaired) electrons. The lowest BCUT2D eigenvalue weighted by Gasteiger charge is -2.07. The van der Waals surface area contributed by atoms with Gasteiger partial charge in [-0.05, 0) is 31.2 Å². The molecule has 0 fully saturated rings. The minimum Gasteiger partial charge on any atom is -0.462 e. The molecule has 0 amide bonds. The number of carbonyl (C=O) groups excluding carboxylic acids is 1. The molecule has 0 saturated heterocycles. The molecular weight excluding hydrogens is 172 g/mol. The molecule has 6 heteroatoms. The Kier molecular flexibility index (Phi) is 2.94. The molecule has 0 unspecified atom stereocenters. The molecule has 0 aliphatic carbocycles. The zero-order valence-electron chi connectivity index (χ0n) is 7.89. The second-order valence-electron chi connectivity index (χ2n) is 2.92. The van der Waals surface area contributed by atoms with Crippen molar-refractivity contribution >= 4 is 5.97 Å². The molecule has 0 bridgehead atoms. The van der Waals surface area contributed by atoms with E-state index in [4.69, 9.17) is 4.74 Å². The van der Waals surface area contributed by atoms with Gasteiger partial charge in [0, 0.05) is 0 Å². The fourth-order valence-corrected chi connectivity index (χ4v) is 0.818. The minimum absolute atomic E-state index is 0.0665. The van der Waals surface area contributed by atoms with Gasteiger partial charge in [-0.25, -0.2) is 4.68 Å². The standard InChI is InChI=1S/C7H12N4O2/c1-5(2)13-7(12)4-11-6(3)8-9-10-11/h5H,4H2,1-3H3. The summed E-state index contributed by atoms with van der Waals surface area (Å²) in [5, 5.41) is 10.7. The number of hydrogen-bond donors (Lipinski definition) is 0. The Labute approximate surface area is 75.9 Å². The first-order valence-corrected chi connectivity index (χ1v) is 4.02. The van der Waals surface area contributed by atoms with Gasteiger partial charge in [0.2, 0.25) is 0 Å². The monoisotopic (exact) mass is 184 g/mol. The van der Waals surface area contributed by atoms with E-state index in [9.17, 15) is 4.79 Å². The van der Waals surface area contributed by atoms with E-state index in [0.717, 1.165) is 0 Å². The van der Waals surface area contributed by atoms with Gasteiger partial charge in [-0.15, -0.1) is 5.10 Å². The maximum absolute atomic E-state index is 11.1. The number of hydrogen-bond acceptors (Lipinski definition) is 5. The summed E-state index contributed by atoms with van der Waals surface area (Å²) in [5.74, 6) is 0.270. The first kappa shape index (κ1) is 9.63. The van der Waals surface area contributed by atoms with Crippen LogP contribution in [0.4, 0.5) is 0 Å². The molecule has 0 spiro atoms. The van der Waals surface area contributed by atoms with Crippen LogP contribution in [0.3, 0.4) is 0 Å². The third-order valence-corrected chi connectivity index (χ3v) is 1.36. The highest BCUT2D eigenvalue weighted by molar-refractivity contribution is 5.69. The molecule has 0 saturated carbocycles. The van der Waals surface area contributed by atoms with Crippen LogP contribution in [-0.4, -0.2) is 32.3 Å². The highest BCUT2D eigenvalue weighted by atomic mass is 16.5. The molecule has 13 heavy (non-hydrogen) atoms. The number of rotatable bonds is 3. The van der Waals surface area contributed by atoms with Crippen molar-refractivity contribution in [3.63, 3.8) is 0 Å². The van der Waals surface area contributed by atoms with Crippen LogP contribution in [0.5, 0.6) is 0 Å². The SMILES string of the molecule is Cc1nnnn1CC(=O)OC(C)C. The molecule has 0 atom stereocenters. The number of aromatic nitrogens is 4. The zero-order valence-corrected chi connectivity index (χ0v) is 7.89. The van der Waals surface area contributed by atoms with E-state index >= 15 is 0 Å². The average Bonchev–Trinajstić information content (AvgIpc) is 2.34. The highest BCUT2D eigenvalue weighted by Crippen LogP contribution is 1.93. The average molecular weight is 184 g/mol. The summed E-state index contributed by atoms with van der Waals surface area (Å²) in [6.07, 6.45) is -0.107. The van der Waals surface area contributed by atoms with E-state index in [0.29, 0.717) is 5.82 Å². The van der Waals surface area contributed by atoms with Gasteiger partial charge < -0.3 is 4.74 Å². The van der Waals surface area contributed by atoms with Crippen LogP contribution in [0, 0.1) is 6.92 Å². The summed E-state index contributed by atoms with van der Waals surface area (Å²) in [6.45, 7) is 5.38. The van der Waals surface area contributed by atoms with Crippen molar-refractivity contribution < 1.29 is 9.53 Å². The van der Waals surface area contributed by atoms with Crippen LogP contribution in [0.25, 0.3) is 0 Å². The van der Waals surface area contributed by atoms with Crippen molar-refractivity contribution in [2.24, 2.45) is 0 Å². The lowest BCUT2D eigenvalue weighted by Crippen LogP contribution is -2.19. The van der Waals surface area contributed by atoms with Gasteiger partial charge in [0.05, 0.1) is 6.10 Å². The largest absolute Gasteiger partial charge is 0.462 e. The Morgan fingerprint density at radius 2 is 2.31 bits per heavy atom. The summed E-state index contributed by atoms with van der Waals surface area (Å²) in [7, 11) is 0. The number of carbonyl (C=O) groups is 1. The number of esters is 1. The molecule has 0 N–H and O–H groups in total.